The number of carbonyl (C=O) groups is 2. The first-order valence-electron chi connectivity index (χ1n) is 9.47. The van der Waals surface area contributed by atoms with E-state index in [1.807, 2.05) is 31.2 Å². The molecule has 3 aromatic rings. The van der Waals surface area contributed by atoms with E-state index < -0.39 is 17.4 Å². The van der Waals surface area contributed by atoms with Crippen LogP contribution in [-0.2, 0) is 11.3 Å². The van der Waals surface area contributed by atoms with Gasteiger partial charge in [0.1, 0.15) is 12.2 Å². The number of hydrogen-bond acceptors (Lipinski definition) is 5. The molecule has 30 heavy (non-hydrogen) atoms. The highest BCUT2D eigenvalue weighted by Crippen LogP contribution is 2.12. The standard InChI is InChI=1S/C23H22N2O5/c1-3-29-23(28)18-9-11-19(12-10-18)24-21(26)20-8-5-13-25(22(20)27)30-15-17-7-4-6-16(2)14-17/h4-14H,3,15H2,1-2H3,(H,24,26). The zero-order chi connectivity index (χ0) is 21.5. The van der Waals surface area contributed by atoms with Crippen molar-refractivity contribution >= 4 is 17.6 Å². The van der Waals surface area contributed by atoms with Crippen LogP contribution in [0.2, 0.25) is 0 Å². The molecule has 7 nitrogen and oxygen atoms in total. The molecule has 0 saturated carbocycles. The lowest BCUT2D eigenvalue weighted by atomic mass is 10.1. The number of aryl methyl sites for hydroxylation is 1. The summed E-state index contributed by atoms with van der Waals surface area (Å²) < 4.78 is 5.97. The monoisotopic (exact) mass is 406 g/mol. The molecular formula is C23H22N2O5. The predicted octanol–water partition coefficient (Wildman–Crippen LogP) is 3.21. The quantitative estimate of drug-likeness (QED) is 0.609. The molecular weight excluding hydrogens is 384 g/mol. The minimum absolute atomic E-state index is 0.0591. The van der Waals surface area contributed by atoms with Crippen molar-refractivity contribution in [1.29, 1.82) is 0 Å². The lowest BCUT2D eigenvalue weighted by Crippen LogP contribution is -2.32. The number of ether oxygens (including phenoxy) is 1. The third kappa shape index (κ3) is 5.14. The van der Waals surface area contributed by atoms with Crippen LogP contribution in [-0.4, -0.2) is 23.2 Å². The van der Waals surface area contributed by atoms with E-state index in [2.05, 4.69) is 5.32 Å². The Kier molecular flexibility index (Phi) is 6.64. The van der Waals surface area contributed by atoms with Gasteiger partial charge in [0.2, 0.25) is 0 Å². The first-order valence-corrected chi connectivity index (χ1v) is 9.47. The van der Waals surface area contributed by atoms with Gasteiger partial charge < -0.3 is 14.9 Å². The van der Waals surface area contributed by atoms with Gasteiger partial charge in [0, 0.05) is 11.9 Å². The fraction of sp³-hybridized carbons (Fsp3) is 0.174. The largest absolute Gasteiger partial charge is 0.462 e. The molecule has 0 bridgehead atoms. The SMILES string of the molecule is CCOC(=O)c1ccc(NC(=O)c2cccn(OCc3cccc(C)c3)c2=O)cc1. The van der Waals surface area contributed by atoms with Crippen molar-refractivity contribution in [2.24, 2.45) is 0 Å². The Balaban J connectivity index is 1.69. The third-order valence-corrected chi connectivity index (χ3v) is 4.27. The van der Waals surface area contributed by atoms with Crippen molar-refractivity contribution in [2.75, 3.05) is 11.9 Å². The molecule has 2 aromatic carbocycles. The molecule has 1 aromatic heterocycles. The number of pyridine rings is 1. The normalized spacial score (nSPS) is 10.3. The molecule has 0 aliphatic heterocycles. The van der Waals surface area contributed by atoms with Gasteiger partial charge in [0.05, 0.1) is 12.2 Å². The second-order valence-corrected chi connectivity index (χ2v) is 6.57. The number of rotatable bonds is 7. The molecule has 7 heteroatoms. The van der Waals surface area contributed by atoms with Gasteiger partial charge in [-0.3, -0.25) is 9.59 Å². The number of esters is 1. The fourth-order valence-corrected chi connectivity index (χ4v) is 2.80. The first-order chi connectivity index (χ1) is 14.5. The molecule has 0 saturated heterocycles. The highest BCUT2D eigenvalue weighted by atomic mass is 16.7. The summed E-state index contributed by atoms with van der Waals surface area (Å²) in [5, 5.41) is 2.65. The number of amides is 1. The molecule has 0 fully saturated rings. The van der Waals surface area contributed by atoms with Crippen LogP contribution in [0.5, 0.6) is 0 Å². The third-order valence-electron chi connectivity index (χ3n) is 4.27. The van der Waals surface area contributed by atoms with Crippen molar-refractivity contribution in [1.82, 2.24) is 4.73 Å². The summed E-state index contributed by atoms with van der Waals surface area (Å²) in [6, 6.07) is 17.0. The lowest BCUT2D eigenvalue weighted by molar-refractivity contribution is 0.0526. The minimum atomic E-state index is -0.572. The molecule has 0 aliphatic rings. The Morgan fingerprint density at radius 3 is 2.50 bits per heavy atom. The maximum atomic E-state index is 12.6. The Hall–Kier alpha value is -3.87. The van der Waals surface area contributed by atoms with Crippen molar-refractivity contribution in [2.45, 2.75) is 20.5 Å². The van der Waals surface area contributed by atoms with Crippen LogP contribution in [0.15, 0.2) is 71.7 Å². The van der Waals surface area contributed by atoms with Gasteiger partial charge in [-0.1, -0.05) is 29.8 Å². The molecule has 154 valence electrons. The van der Waals surface area contributed by atoms with Gasteiger partial charge in [0.25, 0.3) is 11.5 Å². The summed E-state index contributed by atoms with van der Waals surface area (Å²) in [7, 11) is 0. The molecule has 3 rings (SSSR count). The number of carbonyl (C=O) groups excluding carboxylic acids is 2. The number of nitrogens with one attached hydrogen (secondary N) is 1. The molecule has 0 atom stereocenters. The second kappa shape index (κ2) is 9.56. The summed E-state index contributed by atoms with van der Waals surface area (Å²) in [4.78, 5) is 42.4. The van der Waals surface area contributed by atoms with Crippen molar-refractivity contribution in [3.8, 4) is 0 Å². The molecule has 0 spiro atoms. The van der Waals surface area contributed by atoms with E-state index in [0.717, 1.165) is 15.9 Å². The molecule has 1 amide bonds. The van der Waals surface area contributed by atoms with Crippen LogP contribution >= 0.6 is 0 Å². The summed E-state index contributed by atoms with van der Waals surface area (Å²) in [6.45, 7) is 4.18. The number of nitrogens with zero attached hydrogens (tertiary/aromatic N) is 1. The van der Waals surface area contributed by atoms with Gasteiger partial charge in [-0.25, -0.2) is 4.79 Å². The second-order valence-electron chi connectivity index (χ2n) is 6.57. The average Bonchev–Trinajstić information content (AvgIpc) is 2.73. The van der Waals surface area contributed by atoms with E-state index in [1.165, 1.54) is 12.3 Å². The molecule has 1 N–H and O–H groups in total. The van der Waals surface area contributed by atoms with Crippen molar-refractivity contribution < 1.29 is 19.2 Å². The van der Waals surface area contributed by atoms with Gasteiger partial charge in [-0.05, 0) is 55.8 Å². The maximum Gasteiger partial charge on any atom is 0.338 e. The Bertz CT molecular complexity index is 1100. The predicted molar refractivity (Wildman–Crippen MR) is 113 cm³/mol. The number of anilines is 1. The van der Waals surface area contributed by atoms with E-state index in [-0.39, 0.29) is 18.8 Å². The highest BCUT2D eigenvalue weighted by Gasteiger charge is 2.14. The van der Waals surface area contributed by atoms with Crippen molar-refractivity contribution in [3.05, 3.63) is 99.5 Å². The smallest absolute Gasteiger partial charge is 0.338 e. The number of hydrogen-bond donors (Lipinski definition) is 1. The van der Waals surface area contributed by atoms with Gasteiger partial charge >= 0.3 is 5.97 Å². The van der Waals surface area contributed by atoms with Crippen LogP contribution in [0, 0.1) is 6.92 Å². The van der Waals surface area contributed by atoms with Crippen molar-refractivity contribution in [3.63, 3.8) is 0 Å². The van der Waals surface area contributed by atoms with E-state index in [1.54, 1.807) is 37.3 Å². The molecule has 0 radical (unpaired) electrons. The van der Waals surface area contributed by atoms with Crippen LogP contribution < -0.4 is 15.7 Å². The summed E-state index contributed by atoms with van der Waals surface area (Å²) in [6.07, 6.45) is 1.46. The molecule has 0 unspecified atom stereocenters. The lowest BCUT2D eigenvalue weighted by Gasteiger charge is -2.11. The summed E-state index contributed by atoms with van der Waals surface area (Å²) in [5.74, 6) is -1.01. The number of aromatic nitrogens is 1. The zero-order valence-electron chi connectivity index (χ0n) is 16.8. The van der Waals surface area contributed by atoms with E-state index in [0.29, 0.717) is 11.3 Å². The van der Waals surface area contributed by atoms with Crippen LogP contribution in [0.1, 0.15) is 38.8 Å². The van der Waals surface area contributed by atoms with Gasteiger partial charge in [-0.15, -0.1) is 0 Å². The van der Waals surface area contributed by atoms with E-state index in [4.69, 9.17) is 9.57 Å². The van der Waals surface area contributed by atoms with Gasteiger partial charge in [-0.2, -0.15) is 4.73 Å². The zero-order valence-corrected chi connectivity index (χ0v) is 16.8. The Morgan fingerprint density at radius 1 is 1.03 bits per heavy atom. The average molecular weight is 406 g/mol. The van der Waals surface area contributed by atoms with Gasteiger partial charge in [0.15, 0.2) is 0 Å². The van der Waals surface area contributed by atoms with Crippen LogP contribution in [0.3, 0.4) is 0 Å². The number of benzene rings is 2. The Labute approximate surface area is 173 Å². The maximum absolute atomic E-state index is 12.6. The minimum Gasteiger partial charge on any atom is -0.462 e. The summed E-state index contributed by atoms with van der Waals surface area (Å²) in [5.41, 5.74) is 2.20. The van der Waals surface area contributed by atoms with Crippen LogP contribution in [0.4, 0.5) is 5.69 Å². The summed E-state index contributed by atoms with van der Waals surface area (Å²) >= 11 is 0. The highest BCUT2D eigenvalue weighted by molar-refractivity contribution is 6.04. The van der Waals surface area contributed by atoms with Crippen LogP contribution in [0.25, 0.3) is 0 Å². The molecule has 1 heterocycles. The van der Waals surface area contributed by atoms with E-state index >= 15 is 0 Å². The fourth-order valence-electron chi connectivity index (χ4n) is 2.80. The van der Waals surface area contributed by atoms with E-state index in [9.17, 15) is 14.4 Å². The first kappa shape index (κ1) is 20.9. The molecule has 0 aliphatic carbocycles. The topological polar surface area (TPSA) is 86.6 Å². The Morgan fingerprint density at radius 2 is 1.80 bits per heavy atom.